The zero-order valence-electron chi connectivity index (χ0n) is 10.2. The van der Waals surface area contributed by atoms with Gasteiger partial charge in [0.05, 0.1) is 23.5 Å². The van der Waals surface area contributed by atoms with E-state index in [2.05, 4.69) is 45.3 Å². The highest BCUT2D eigenvalue weighted by Crippen LogP contribution is 2.33. The molecule has 19 heavy (non-hydrogen) atoms. The third-order valence-electron chi connectivity index (χ3n) is 1.98. The maximum Gasteiger partial charge on any atom is 0.184 e. The lowest BCUT2D eigenvalue weighted by atomic mass is 10.2. The summed E-state index contributed by atoms with van der Waals surface area (Å²) in [6, 6.07) is 3.63. The first-order chi connectivity index (χ1) is 9.08. The molecule has 0 saturated heterocycles. The van der Waals surface area contributed by atoms with Gasteiger partial charge in [-0.2, -0.15) is 5.10 Å². The fraction of sp³-hybridized carbons (Fsp3) is 0.273. The molecule has 0 aliphatic heterocycles. The van der Waals surface area contributed by atoms with Gasteiger partial charge in [0.1, 0.15) is 6.61 Å². The Morgan fingerprint density at radius 2 is 2.37 bits per heavy atom. The molecule has 104 valence electrons. The molecule has 0 aliphatic carbocycles. The molecule has 6 nitrogen and oxygen atoms in total. The third-order valence-corrected chi connectivity index (χ3v) is 2.87. The first kappa shape index (κ1) is 15.9. The van der Waals surface area contributed by atoms with Gasteiger partial charge < -0.3 is 20.3 Å². The van der Waals surface area contributed by atoms with Gasteiger partial charge in [0, 0.05) is 0 Å². The highest BCUT2D eigenvalue weighted by molar-refractivity contribution is 14.1. The molecule has 0 heterocycles. The number of thiocarbonyl (C=S) groups is 1. The van der Waals surface area contributed by atoms with E-state index < -0.39 is 0 Å². The average molecular weight is 395 g/mol. The van der Waals surface area contributed by atoms with Crippen LogP contribution in [-0.4, -0.2) is 36.8 Å². The molecule has 0 bridgehead atoms. The van der Waals surface area contributed by atoms with E-state index in [9.17, 15) is 0 Å². The number of hydrazone groups is 1. The van der Waals surface area contributed by atoms with E-state index in [4.69, 9.17) is 20.3 Å². The van der Waals surface area contributed by atoms with Crippen LogP contribution in [0.2, 0.25) is 0 Å². The van der Waals surface area contributed by atoms with Crippen LogP contribution < -0.4 is 20.6 Å². The summed E-state index contributed by atoms with van der Waals surface area (Å²) in [6.45, 7) is 0.156. The van der Waals surface area contributed by atoms with Gasteiger partial charge in [-0.25, -0.2) is 0 Å². The van der Waals surface area contributed by atoms with Crippen LogP contribution in [0.15, 0.2) is 17.2 Å². The molecular formula is C11H14IN3O3S. The van der Waals surface area contributed by atoms with Crippen molar-refractivity contribution in [1.82, 2.24) is 5.43 Å². The fourth-order valence-corrected chi connectivity index (χ4v) is 2.11. The molecule has 1 rings (SSSR count). The van der Waals surface area contributed by atoms with Crippen molar-refractivity contribution in [1.29, 1.82) is 0 Å². The molecule has 0 aliphatic rings. The van der Waals surface area contributed by atoms with Gasteiger partial charge in [-0.15, -0.1) is 0 Å². The number of nitrogens with one attached hydrogen (secondary N) is 1. The topological polar surface area (TPSA) is 89.1 Å². The normalized spacial score (nSPS) is 10.5. The van der Waals surface area contributed by atoms with Gasteiger partial charge in [0.15, 0.2) is 16.6 Å². The molecule has 0 unspecified atom stereocenters. The van der Waals surface area contributed by atoms with Crippen molar-refractivity contribution in [3.63, 3.8) is 0 Å². The number of halogens is 1. The van der Waals surface area contributed by atoms with Crippen molar-refractivity contribution < 1.29 is 14.6 Å². The quantitative estimate of drug-likeness (QED) is 0.286. The number of nitrogens with zero attached hydrogens (tertiary/aromatic N) is 1. The van der Waals surface area contributed by atoms with E-state index in [1.807, 2.05) is 6.07 Å². The van der Waals surface area contributed by atoms with Crippen LogP contribution in [-0.2, 0) is 0 Å². The van der Waals surface area contributed by atoms with Crippen molar-refractivity contribution in [3.8, 4) is 11.5 Å². The smallest absolute Gasteiger partial charge is 0.184 e. The minimum Gasteiger partial charge on any atom is -0.493 e. The van der Waals surface area contributed by atoms with Crippen LogP contribution in [0.25, 0.3) is 0 Å². The lowest BCUT2D eigenvalue weighted by Gasteiger charge is -2.12. The summed E-state index contributed by atoms with van der Waals surface area (Å²) >= 11 is 6.76. The van der Waals surface area contributed by atoms with Crippen LogP contribution in [0.3, 0.4) is 0 Å². The molecule has 0 amide bonds. The standard InChI is InChI=1S/C11H14IN3O3S/c1-17-9-5-7(6-14-15-11(13)19)4-8(12)10(9)18-3-2-16/h4-6,16H,2-3H2,1H3,(H3,13,15,19). The lowest BCUT2D eigenvalue weighted by Crippen LogP contribution is -2.24. The minimum atomic E-state index is -0.0552. The maximum atomic E-state index is 8.78. The Bertz CT molecular complexity index is 482. The number of aliphatic hydroxyl groups is 1. The van der Waals surface area contributed by atoms with Gasteiger partial charge in [-0.1, -0.05) is 0 Å². The number of benzene rings is 1. The number of ether oxygens (including phenoxy) is 2. The number of methoxy groups -OCH3 is 1. The predicted octanol–water partition coefficient (Wildman–Crippen LogP) is 0.838. The van der Waals surface area contributed by atoms with Crippen molar-refractivity contribution in [3.05, 3.63) is 21.3 Å². The zero-order valence-corrected chi connectivity index (χ0v) is 13.2. The van der Waals surface area contributed by atoms with E-state index >= 15 is 0 Å². The zero-order chi connectivity index (χ0) is 14.3. The van der Waals surface area contributed by atoms with Crippen LogP contribution >= 0.6 is 34.8 Å². The Morgan fingerprint density at radius 3 is 2.95 bits per heavy atom. The molecule has 0 aromatic heterocycles. The average Bonchev–Trinajstić information content (AvgIpc) is 2.36. The monoisotopic (exact) mass is 395 g/mol. The summed E-state index contributed by atoms with van der Waals surface area (Å²) in [7, 11) is 1.55. The SMILES string of the molecule is COc1cc(C=NNC(N)=S)cc(I)c1OCCO. The Morgan fingerprint density at radius 1 is 1.63 bits per heavy atom. The van der Waals surface area contributed by atoms with E-state index in [1.165, 1.54) is 0 Å². The molecule has 8 heteroatoms. The van der Waals surface area contributed by atoms with E-state index in [1.54, 1.807) is 19.4 Å². The number of aliphatic hydroxyl groups excluding tert-OH is 1. The Hall–Kier alpha value is -1.13. The summed E-state index contributed by atoms with van der Waals surface area (Å²) in [5.41, 5.74) is 8.54. The number of nitrogens with two attached hydrogens (primary N) is 1. The summed E-state index contributed by atoms with van der Waals surface area (Å²) < 4.78 is 11.5. The summed E-state index contributed by atoms with van der Waals surface area (Å²) in [6.07, 6.45) is 1.57. The molecule has 1 aromatic rings. The number of rotatable bonds is 6. The first-order valence-electron chi connectivity index (χ1n) is 5.28. The predicted molar refractivity (Wildman–Crippen MR) is 85.8 cm³/mol. The van der Waals surface area contributed by atoms with Gasteiger partial charge in [0.25, 0.3) is 0 Å². The molecular weight excluding hydrogens is 381 g/mol. The van der Waals surface area contributed by atoms with Gasteiger partial charge in [0.2, 0.25) is 0 Å². The van der Waals surface area contributed by atoms with Crippen LogP contribution in [0.1, 0.15) is 5.56 Å². The molecule has 0 atom stereocenters. The minimum absolute atomic E-state index is 0.0552. The lowest BCUT2D eigenvalue weighted by molar-refractivity contribution is 0.195. The van der Waals surface area contributed by atoms with Gasteiger partial charge in [-0.05, 0) is 52.5 Å². The van der Waals surface area contributed by atoms with E-state index in [0.717, 1.165) is 9.13 Å². The highest BCUT2D eigenvalue weighted by Gasteiger charge is 2.10. The second-order valence-electron chi connectivity index (χ2n) is 3.34. The van der Waals surface area contributed by atoms with E-state index in [0.29, 0.717) is 11.5 Å². The third kappa shape index (κ3) is 5.17. The Kier molecular flexibility index (Phi) is 6.81. The largest absolute Gasteiger partial charge is 0.493 e. The van der Waals surface area contributed by atoms with Gasteiger partial charge in [-0.3, -0.25) is 5.43 Å². The molecule has 0 saturated carbocycles. The molecule has 0 fully saturated rings. The van der Waals surface area contributed by atoms with Crippen molar-refractivity contribution in [2.45, 2.75) is 0 Å². The molecule has 1 aromatic carbocycles. The first-order valence-corrected chi connectivity index (χ1v) is 6.77. The summed E-state index contributed by atoms with van der Waals surface area (Å²) in [4.78, 5) is 0. The number of hydrogen-bond acceptors (Lipinski definition) is 5. The van der Waals surface area contributed by atoms with Crippen LogP contribution in [0.4, 0.5) is 0 Å². The molecule has 4 N–H and O–H groups in total. The highest BCUT2D eigenvalue weighted by atomic mass is 127. The van der Waals surface area contributed by atoms with Crippen molar-refractivity contribution in [2.24, 2.45) is 10.8 Å². The summed E-state index contributed by atoms with van der Waals surface area (Å²) in [5, 5.41) is 12.7. The summed E-state index contributed by atoms with van der Waals surface area (Å²) in [5.74, 6) is 1.16. The Balaban J connectivity index is 2.95. The van der Waals surface area contributed by atoms with Crippen molar-refractivity contribution in [2.75, 3.05) is 20.3 Å². The number of hydrogen-bond donors (Lipinski definition) is 3. The molecule has 0 radical (unpaired) electrons. The second-order valence-corrected chi connectivity index (χ2v) is 4.94. The van der Waals surface area contributed by atoms with Crippen molar-refractivity contribution >= 4 is 46.1 Å². The van der Waals surface area contributed by atoms with Crippen LogP contribution in [0.5, 0.6) is 11.5 Å². The van der Waals surface area contributed by atoms with Crippen LogP contribution in [0, 0.1) is 3.57 Å². The maximum absolute atomic E-state index is 8.78. The second kappa shape index (κ2) is 8.12. The van der Waals surface area contributed by atoms with Gasteiger partial charge >= 0.3 is 0 Å². The Labute approximate surface area is 130 Å². The molecule has 0 spiro atoms. The fourth-order valence-electron chi connectivity index (χ4n) is 1.27. The van der Waals surface area contributed by atoms with E-state index in [-0.39, 0.29) is 18.3 Å².